The van der Waals surface area contributed by atoms with Crippen LogP contribution in [0.3, 0.4) is 0 Å². The first-order valence-electron chi connectivity index (χ1n) is 5.50. The average molecular weight is 262 g/mol. The van der Waals surface area contributed by atoms with Gasteiger partial charge in [0.1, 0.15) is 12.4 Å². The van der Waals surface area contributed by atoms with Crippen molar-refractivity contribution in [1.29, 1.82) is 0 Å². The zero-order chi connectivity index (χ0) is 13.8. The molecule has 2 aromatic rings. The van der Waals surface area contributed by atoms with Crippen LogP contribution in [0.4, 0.5) is 4.39 Å². The summed E-state index contributed by atoms with van der Waals surface area (Å²) in [5, 5.41) is 18.5. The highest BCUT2D eigenvalue weighted by Gasteiger charge is 2.12. The molecule has 0 aliphatic carbocycles. The number of ether oxygens (including phenoxy) is 1. The van der Waals surface area contributed by atoms with E-state index in [1.54, 1.807) is 18.2 Å². The summed E-state index contributed by atoms with van der Waals surface area (Å²) in [7, 11) is 0. The first-order valence-corrected chi connectivity index (χ1v) is 5.50. The van der Waals surface area contributed by atoms with Crippen molar-refractivity contribution in [3.8, 4) is 11.5 Å². The van der Waals surface area contributed by atoms with Crippen molar-refractivity contribution < 1.29 is 24.1 Å². The monoisotopic (exact) mass is 262 g/mol. The number of rotatable bonds is 4. The van der Waals surface area contributed by atoms with Crippen molar-refractivity contribution in [2.45, 2.75) is 6.61 Å². The molecule has 2 aromatic carbocycles. The van der Waals surface area contributed by atoms with Gasteiger partial charge >= 0.3 is 5.97 Å². The first-order chi connectivity index (χ1) is 9.08. The second-order valence-corrected chi connectivity index (χ2v) is 3.86. The Morgan fingerprint density at radius 1 is 1.21 bits per heavy atom. The SMILES string of the molecule is O=C(O)c1cc(F)ccc1COc1ccccc1O. The molecule has 0 amide bonds. The van der Waals surface area contributed by atoms with Gasteiger partial charge in [0.05, 0.1) is 5.56 Å². The molecule has 2 rings (SSSR count). The Morgan fingerprint density at radius 2 is 1.95 bits per heavy atom. The smallest absolute Gasteiger partial charge is 0.336 e. The fraction of sp³-hybridized carbons (Fsp3) is 0.0714. The summed E-state index contributed by atoms with van der Waals surface area (Å²) in [6.45, 7) is -0.0700. The number of phenolic OH excluding ortho intramolecular Hbond substituents is 1. The lowest BCUT2D eigenvalue weighted by Crippen LogP contribution is -2.06. The van der Waals surface area contributed by atoms with E-state index in [4.69, 9.17) is 9.84 Å². The summed E-state index contributed by atoms with van der Waals surface area (Å²) >= 11 is 0. The molecule has 0 heterocycles. The van der Waals surface area contributed by atoms with Gasteiger partial charge in [-0.05, 0) is 24.3 Å². The van der Waals surface area contributed by atoms with Crippen molar-refractivity contribution in [2.75, 3.05) is 0 Å². The number of hydrogen-bond acceptors (Lipinski definition) is 3. The van der Waals surface area contributed by atoms with Crippen LogP contribution in [0, 0.1) is 5.82 Å². The maximum atomic E-state index is 13.0. The highest BCUT2D eigenvalue weighted by molar-refractivity contribution is 5.89. The van der Waals surface area contributed by atoms with Crippen LogP contribution < -0.4 is 4.74 Å². The molecule has 0 spiro atoms. The van der Waals surface area contributed by atoms with Crippen LogP contribution in [0.2, 0.25) is 0 Å². The molecule has 0 atom stereocenters. The molecule has 19 heavy (non-hydrogen) atoms. The summed E-state index contributed by atoms with van der Waals surface area (Å²) in [6, 6.07) is 9.78. The highest BCUT2D eigenvalue weighted by atomic mass is 19.1. The third kappa shape index (κ3) is 3.01. The first kappa shape index (κ1) is 12.9. The number of aromatic carboxylic acids is 1. The molecule has 4 nitrogen and oxygen atoms in total. The zero-order valence-corrected chi connectivity index (χ0v) is 9.84. The third-order valence-corrected chi connectivity index (χ3v) is 2.55. The van der Waals surface area contributed by atoms with Crippen LogP contribution >= 0.6 is 0 Å². The van der Waals surface area contributed by atoms with Crippen molar-refractivity contribution in [1.82, 2.24) is 0 Å². The van der Waals surface area contributed by atoms with Crippen molar-refractivity contribution >= 4 is 5.97 Å². The van der Waals surface area contributed by atoms with Gasteiger partial charge in [0.25, 0.3) is 0 Å². The molecule has 5 heteroatoms. The van der Waals surface area contributed by atoms with E-state index >= 15 is 0 Å². The highest BCUT2D eigenvalue weighted by Crippen LogP contribution is 2.25. The lowest BCUT2D eigenvalue weighted by Gasteiger charge is -2.10. The molecule has 0 fully saturated rings. The number of para-hydroxylation sites is 2. The lowest BCUT2D eigenvalue weighted by atomic mass is 10.1. The predicted octanol–water partition coefficient (Wildman–Crippen LogP) is 2.81. The Hall–Kier alpha value is -2.56. The topological polar surface area (TPSA) is 66.8 Å². The maximum Gasteiger partial charge on any atom is 0.336 e. The fourth-order valence-electron chi connectivity index (χ4n) is 1.61. The summed E-state index contributed by atoms with van der Waals surface area (Å²) in [5.74, 6) is -1.65. The molecular formula is C14H11FO4. The lowest BCUT2D eigenvalue weighted by molar-refractivity contribution is 0.0693. The molecule has 0 aliphatic rings. The quantitative estimate of drug-likeness (QED) is 0.889. The van der Waals surface area contributed by atoms with Gasteiger partial charge in [-0.25, -0.2) is 9.18 Å². The second-order valence-electron chi connectivity index (χ2n) is 3.86. The van der Waals surface area contributed by atoms with Crippen LogP contribution in [0.25, 0.3) is 0 Å². The van der Waals surface area contributed by atoms with E-state index < -0.39 is 11.8 Å². The summed E-state index contributed by atoms with van der Waals surface area (Å²) in [6.07, 6.45) is 0. The molecule has 98 valence electrons. The van der Waals surface area contributed by atoms with Gasteiger partial charge in [-0.3, -0.25) is 0 Å². The molecule has 0 aliphatic heterocycles. The molecule has 0 saturated heterocycles. The van der Waals surface area contributed by atoms with E-state index in [9.17, 15) is 14.3 Å². The zero-order valence-electron chi connectivity index (χ0n) is 9.84. The minimum atomic E-state index is -1.23. The molecule has 0 unspecified atom stereocenters. The Kier molecular flexibility index (Phi) is 3.66. The standard InChI is InChI=1S/C14H11FO4/c15-10-6-5-9(11(7-10)14(17)18)8-19-13-4-2-1-3-12(13)16/h1-7,16H,8H2,(H,17,18). The number of carboxylic acid groups (broad SMARTS) is 1. The van der Waals surface area contributed by atoms with Gasteiger partial charge in [0.2, 0.25) is 0 Å². The minimum absolute atomic E-state index is 0.0403. The van der Waals surface area contributed by atoms with Crippen molar-refractivity contribution in [3.05, 3.63) is 59.4 Å². The second kappa shape index (κ2) is 5.39. The number of carbonyl (C=O) groups is 1. The number of phenols is 1. The van der Waals surface area contributed by atoms with Gasteiger partial charge in [-0.1, -0.05) is 18.2 Å². The summed E-state index contributed by atoms with van der Waals surface area (Å²) in [4.78, 5) is 11.0. The van der Waals surface area contributed by atoms with Gasteiger partial charge in [0, 0.05) is 5.56 Å². The van der Waals surface area contributed by atoms with Crippen molar-refractivity contribution in [3.63, 3.8) is 0 Å². The van der Waals surface area contributed by atoms with E-state index in [1.807, 2.05) is 0 Å². The average Bonchev–Trinajstić information content (AvgIpc) is 2.38. The van der Waals surface area contributed by atoms with Crippen molar-refractivity contribution in [2.24, 2.45) is 0 Å². The van der Waals surface area contributed by atoms with Crippen LogP contribution in [0.5, 0.6) is 11.5 Å². The summed E-state index contributed by atoms with van der Waals surface area (Å²) < 4.78 is 18.3. The Balaban J connectivity index is 2.20. The Bertz CT molecular complexity index is 610. The minimum Gasteiger partial charge on any atom is -0.504 e. The number of carboxylic acids is 1. The van der Waals surface area contributed by atoms with E-state index in [0.717, 1.165) is 12.1 Å². The largest absolute Gasteiger partial charge is 0.504 e. The van der Waals surface area contributed by atoms with Gasteiger partial charge < -0.3 is 14.9 Å². The van der Waals surface area contributed by atoms with Gasteiger partial charge in [-0.15, -0.1) is 0 Å². The molecule has 0 radical (unpaired) electrons. The van der Waals surface area contributed by atoms with E-state index in [-0.39, 0.29) is 23.7 Å². The number of aromatic hydroxyl groups is 1. The molecular weight excluding hydrogens is 251 g/mol. The number of benzene rings is 2. The van der Waals surface area contributed by atoms with E-state index in [2.05, 4.69) is 0 Å². The third-order valence-electron chi connectivity index (χ3n) is 2.55. The molecule has 0 aromatic heterocycles. The summed E-state index contributed by atoms with van der Waals surface area (Å²) in [5.41, 5.74) is 0.174. The van der Waals surface area contributed by atoms with E-state index in [1.165, 1.54) is 12.1 Å². The van der Waals surface area contributed by atoms with Gasteiger partial charge in [-0.2, -0.15) is 0 Å². The maximum absolute atomic E-state index is 13.0. The Labute approximate surface area is 108 Å². The normalized spacial score (nSPS) is 10.2. The van der Waals surface area contributed by atoms with Crippen LogP contribution in [-0.2, 0) is 6.61 Å². The Morgan fingerprint density at radius 3 is 2.63 bits per heavy atom. The fourth-order valence-corrected chi connectivity index (χ4v) is 1.61. The van der Waals surface area contributed by atoms with Crippen LogP contribution in [0.1, 0.15) is 15.9 Å². The predicted molar refractivity (Wildman–Crippen MR) is 65.8 cm³/mol. The number of hydrogen-bond donors (Lipinski definition) is 2. The van der Waals surface area contributed by atoms with Crippen LogP contribution in [-0.4, -0.2) is 16.2 Å². The van der Waals surface area contributed by atoms with E-state index in [0.29, 0.717) is 5.56 Å². The van der Waals surface area contributed by atoms with Gasteiger partial charge in [0.15, 0.2) is 11.5 Å². The van der Waals surface area contributed by atoms with Crippen LogP contribution in [0.15, 0.2) is 42.5 Å². The number of halogens is 1. The molecule has 2 N–H and O–H groups in total. The molecule has 0 bridgehead atoms. The molecule has 0 saturated carbocycles.